The third-order valence-electron chi connectivity index (χ3n) is 3.01. The van der Waals surface area contributed by atoms with E-state index < -0.39 is 0 Å². The largest absolute Gasteiger partial charge is 0.488 e. The van der Waals surface area contributed by atoms with Gasteiger partial charge in [0.05, 0.1) is 6.54 Å². The standard InChI is InChI=1S/C12H12INO/c1-12(4-5-12)15-9-3-2-8-7-14-11(13)10(8)6-9/h2-3,6H,4-5,7H2,1H3. The van der Waals surface area contributed by atoms with Gasteiger partial charge in [0, 0.05) is 5.56 Å². The molecule has 3 rings (SSSR count). The number of hydrogen-bond donors (Lipinski definition) is 0. The van der Waals surface area contributed by atoms with Crippen LogP contribution in [0.4, 0.5) is 0 Å². The van der Waals surface area contributed by atoms with Gasteiger partial charge in [0.2, 0.25) is 0 Å². The molecule has 0 N–H and O–H groups in total. The highest BCUT2D eigenvalue weighted by Gasteiger charge is 2.40. The minimum Gasteiger partial charge on any atom is -0.488 e. The van der Waals surface area contributed by atoms with Gasteiger partial charge in [0.25, 0.3) is 0 Å². The van der Waals surface area contributed by atoms with Gasteiger partial charge < -0.3 is 4.74 Å². The van der Waals surface area contributed by atoms with Crippen LogP contribution in [0.1, 0.15) is 30.9 Å². The Morgan fingerprint density at radius 2 is 2.20 bits per heavy atom. The smallest absolute Gasteiger partial charge is 0.120 e. The summed E-state index contributed by atoms with van der Waals surface area (Å²) in [6.07, 6.45) is 2.35. The number of aliphatic imine (C=N–C) groups is 1. The predicted octanol–water partition coefficient (Wildman–Crippen LogP) is 3.31. The number of ether oxygens (including phenoxy) is 1. The average Bonchev–Trinajstić information content (AvgIpc) is 2.82. The van der Waals surface area contributed by atoms with Crippen molar-refractivity contribution in [2.45, 2.75) is 31.9 Å². The minimum atomic E-state index is 0.107. The zero-order valence-electron chi connectivity index (χ0n) is 8.59. The van der Waals surface area contributed by atoms with Crippen LogP contribution >= 0.6 is 22.6 Å². The molecular formula is C12H12INO. The van der Waals surface area contributed by atoms with E-state index in [0.29, 0.717) is 0 Å². The van der Waals surface area contributed by atoms with Gasteiger partial charge in [-0.1, -0.05) is 6.07 Å². The Balaban J connectivity index is 1.91. The van der Waals surface area contributed by atoms with E-state index in [0.717, 1.165) is 16.0 Å². The minimum absolute atomic E-state index is 0.107. The molecule has 0 amide bonds. The lowest BCUT2D eigenvalue weighted by Gasteiger charge is -2.13. The Bertz CT molecular complexity index is 449. The summed E-state index contributed by atoms with van der Waals surface area (Å²) in [5, 5.41) is 0. The highest BCUT2D eigenvalue weighted by atomic mass is 127. The molecule has 0 unspecified atom stereocenters. The zero-order valence-corrected chi connectivity index (χ0v) is 10.7. The number of nitrogens with zero attached hydrogens (tertiary/aromatic N) is 1. The maximum Gasteiger partial charge on any atom is 0.120 e. The van der Waals surface area contributed by atoms with Crippen molar-refractivity contribution in [3.05, 3.63) is 29.3 Å². The Hall–Kier alpha value is -0.580. The third-order valence-corrected chi connectivity index (χ3v) is 3.93. The monoisotopic (exact) mass is 313 g/mol. The van der Waals surface area contributed by atoms with Crippen LogP contribution in [0.15, 0.2) is 23.2 Å². The molecule has 1 aromatic carbocycles. The van der Waals surface area contributed by atoms with Crippen LogP contribution in [-0.4, -0.2) is 9.32 Å². The van der Waals surface area contributed by atoms with Crippen molar-refractivity contribution in [3.63, 3.8) is 0 Å². The first-order chi connectivity index (χ1) is 7.16. The molecule has 2 nitrogen and oxygen atoms in total. The lowest BCUT2D eigenvalue weighted by Crippen LogP contribution is -2.12. The summed E-state index contributed by atoms with van der Waals surface area (Å²) in [7, 11) is 0. The average molecular weight is 313 g/mol. The predicted molar refractivity (Wildman–Crippen MR) is 69.0 cm³/mol. The van der Waals surface area contributed by atoms with Crippen molar-refractivity contribution in [2.75, 3.05) is 0 Å². The quantitative estimate of drug-likeness (QED) is 0.768. The maximum absolute atomic E-state index is 5.93. The SMILES string of the molecule is CC1(Oc2ccc3c(c2)C(I)=NC3)CC1. The molecule has 0 atom stereocenters. The molecule has 0 spiro atoms. The van der Waals surface area contributed by atoms with E-state index in [2.05, 4.69) is 52.7 Å². The zero-order chi connectivity index (χ0) is 10.5. The maximum atomic E-state index is 5.93. The highest BCUT2D eigenvalue weighted by molar-refractivity contribution is 14.1. The highest BCUT2D eigenvalue weighted by Crippen LogP contribution is 2.40. The number of rotatable bonds is 2. The molecule has 15 heavy (non-hydrogen) atoms. The number of halogens is 1. The lowest BCUT2D eigenvalue weighted by atomic mass is 10.1. The molecule has 1 aliphatic carbocycles. The molecule has 3 heteroatoms. The Morgan fingerprint density at radius 1 is 1.40 bits per heavy atom. The normalized spacial score (nSPS) is 20.8. The second kappa shape index (κ2) is 3.20. The molecular weight excluding hydrogens is 301 g/mol. The van der Waals surface area contributed by atoms with Crippen LogP contribution in [0, 0.1) is 0 Å². The van der Waals surface area contributed by atoms with E-state index in [4.69, 9.17) is 4.74 Å². The molecule has 1 saturated carbocycles. The summed E-state index contributed by atoms with van der Waals surface area (Å²) < 4.78 is 7.03. The Morgan fingerprint density at radius 3 is 2.93 bits per heavy atom. The van der Waals surface area contributed by atoms with Crippen molar-refractivity contribution < 1.29 is 4.74 Å². The van der Waals surface area contributed by atoms with E-state index in [1.165, 1.54) is 24.0 Å². The van der Waals surface area contributed by atoms with Gasteiger partial charge in [-0.2, -0.15) is 0 Å². The first-order valence-electron chi connectivity index (χ1n) is 5.19. The molecule has 0 saturated heterocycles. The van der Waals surface area contributed by atoms with Gasteiger partial charge in [-0.25, -0.2) is 0 Å². The van der Waals surface area contributed by atoms with E-state index in [9.17, 15) is 0 Å². The van der Waals surface area contributed by atoms with Crippen LogP contribution in [-0.2, 0) is 6.54 Å². The molecule has 0 aromatic heterocycles. The van der Waals surface area contributed by atoms with Gasteiger partial charge in [0.15, 0.2) is 0 Å². The molecule has 1 fully saturated rings. The van der Waals surface area contributed by atoms with E-state index in [1.807, 2.05) is 0 Å². The van der Waals surface area contributed by atoms with E-state index in [-0.39, 0.29) is 5.60 Å². The summed E-state index contributed by atoms with van der Waals surface area (Å²) in [5.41, 5.74) is 2.67. The van der Waals surface area contributed by atoms with Crippen molar-refractivity contribution in [3.8, 4) is 5.75 Å². The van der Waals surface area contributed by atoms with Crippen LogP contribution in [0.3, 0.4) is 0 Å². The molecule has 78 valence electrons. The first kappa shape index (κ1) is 9.63. The summed E-state index contributed by atoms with van der Waals surface area (Å²) in [6, 6.07) is 6.32. The van der Waals surface area contributed by atoms with Gasteiger partial charge in [-0.3, -0.25) is 4.99 Å². The second-order valence-electron chi connectivity index (χ2n) is 4.48. The van der Waals surface area contributed by atoms with Crippen molar-refractivity contribution in [2.24, 2.45) is 4.99 Å². The fraction of sp³-hybridized carbons (Fsp3) is 0.417. The van der Waals surface area contributed by atoms with Gasteiger partial charge in [-0.05, 0) is 60.1 Å². The Kier molecular flexibility index (Phi) is 2.06. The topological polar surface area (TPSA) is 21.6 Å². The summed E-state index contributed by atoms with van der Waals surface area (Å²) >= 11 is 2.29. The van der Waals surface area contributed by atoms with Gasteiger partial charge in [-0.15, -0.1) is 0 Å². The third kappa shape index (κ3) is 1.77. The van der Waals surface area contributed by atoms with Crippen molar-refractivity contribution in [1.82, 2.24) is 0 Å². The van der Waals surface area contributed by atoms with Gasteiger partial charge in [0.1, 0.15) is 15.1 Å². The van der Waals surface area contributed by atoms with Crippen molar-refractivity contribution in [1.29, 1.82) is 0 Å². The van der Waals surface area contributed by atoms with Crippen LogP contribution < -0.4 is 4.74 Å². The molecule has 1 aliphatic heterocycles. The molecule has 1 aromatic rings. The first-order valence-corrected chi connectivity index (χ1v) is 6.26. The van der Waals surface area contributed by atoms with E-state index in [1.54, 1.807) is 0 Å². The molecule has 0 radical (unpaired) electrons. The Labute approximate surface area is 103 Å². The van der Waals surface area contributed by atoms with Crippen LogP contribution in [0.2, 0.25) is 0 Å². The summed E-state index contributed by atoms with van der Waals surface area (Å²) in [5.74, 6) is 0.986. The summed E-state index contributed by atoms with van der Waals surface area (Å²) in [4.78, 5) is 4.41. The van der Waals surface area contributed by atoms with E-state index >= 15 is 0 Å². The fourth-order valence-corrected chi connectivity index (χ4v) is 2.42. The molecule has 2 aliphatic rings. The van der Waals surface area contributed by atoms with Crippen LogP contribution in [0.5, 0.6) is 5.75 Å². The molecule has 1 heterocycles. The molecule has 0 bridgehead atoms. The summed E-state index contributed by atoms with van der Waals surface area (Å²) in [6.45, 7) is 2.99. The fourth-order valence-electron chi connectivity index (χ4n) is 1.75. The van der Waals surface area contributed by atoms with Crippen LogP contribution in [0.25, 0.3) is 0 Å². The van der Waals surface area contributed by atoms with Crippen molar-refractivity contribution >= 4 is 26.3 Å². The lowest BCUT2D eigenvalue weighted by molar-refractivity contribution is 0.200. The van der Waals surface area contributed by atoms with Gasteiger partial charge >= 0.3 is 0 Å². The number of fused-ring (bicyclic) bond motifs is 1. The second-order valence-corrected chi connectivity index (χ2v) is 5.50. The number of hydrogen-bond acceptors (Lipinski definition) is 2. The number of benzene rings is 1.